The first kappa shape index (κ1) is 9.04. The topological polar surface area (TPSA) is 26.0 Å². The van der Waals surface area contributed by atoms with Crippen LogP contribution in [0.4, 0.5) is 0 Å². The van der Waals surface area contributed by atoms with Crippen LogP contribution in [0.25, 0.3) is 6.08 Å². The number of aromatic nitrogens is 1. The number of oxazole rings is 1. The van der Waals surface area contributed by atoms with Crippen LogP contribution >= 0.6 is 0 Å². The third-order valence-electron chi connectivity index (χ3n) is 1.51. The highest BCUT2D eigenvalue weighted by molar-refractivity contribution is 5.37. The van der Waals surface area contributed by atoms with Crippen molar-refractivity contribution >= 4 is 6.08 Å². The smallest absolute Gasteiger partial charge is 0.218 e. The minimum Gasteiger partial charge on any atom is -0.442 e. The molecule has 0 bridgehead atoms. The van der Waals surface area contributed by atoms with Crippen molar-refractivity contribution < 1.29 is 4.42 Å². The molecule has 0 spiro atoms. The van der Waals surface area contributed by atoms with E-state index in [0.717, 1.165) is 12.2 Å². The van der Waals surface area contributed by atoms with Crippen molar-refractivity contribution in [2.45, 2.75) is 27.2 Å². The average molecular weight is 165 g/mol. The summed E-state index contributed by atoms with van der Waals surface area (Å²) >= 11 is 0. The van der Waals surface area contributed by atoms with Gasteiger partial charge in [0, 0.05) is 0 Å². The number of aryl methyl sites for hydroxylation is 1. The lowest BCUT2D eigenvalue weighted by molar-refractivity contribution is 0.516. The highest BCUT2D eigenvalue weighted by Gasteiger charge is 1.94. The van der Waals surface area contributed by atoms with Crippen molar-refractivity contribution in [3.05, 3.63) is 23.9 Å². The van der Waals surface area contributed by atoms with Gasteiger partial charge in [0.2, 0.25) is 5.89 Å². The van der Waals surface area contributed by atoms with Gasteiger partial charge in [-0.2, -0.15) is 0 Å². The molecule has 1 rings (SSSR count). The van der Waals surface area contributed by atoms with Crippen LogP contribution < -0.4 is 0 Å². The molecule has 0 unspecified atom stereocenters. The van der Waals surface area contributed by atoms with Crippen molar-refractivity contribution in [2.24, 2.45) is 5.92 Å². The summed E-state index contributed by atoms with van der Waals surface area (Å²) in [6, 6.07) is 0. The highest BCUT2D eigenvalue weighted by atomic mass is 16.3. The summed E-state index contributed by atoms with van der Waals surface area (Å²) in [6.45, 7) is 6.27. The van der Waals surface area contributed by atoms with Gasteiger partial charge in [0.05, 0.1) is 6.20 Å². The fourth-order valence-electron chi connectivity index (χ4n) is 0.890. The van der Waals surface area contributed by atoms with Crippen LogP contribution in [0.1, 0.15) is 31.9 Å². The Morgan fingerprint density at radius 3 is 2.83 bits per heavy atom. The van der Waals surface area contributed by atoms with E-state index in [2.05, 4.69) is 24.9 Å². The van der Waals surface area contributed by atoms with E-state index in [4.69, 9.17) is 4.42 Å². The van der Waals surface area contributed by atoms with Crippen molar-refractivity contribution in [1.82, 2.24) is 4.98 Å². The zero-order valence-corrected chi connectivity index (χ0v) is 7.87. The van der Waals surface area contributed by atoms with E-state index < -0.39 is 0 Å². The molecular formula is C10H15NO. The van der Waals surface area contributed by atoms with Gasteiger partial charge in [0.25, 0.3) is 0 Å². The van der Waals surface area contributed by atoms with Gasteiger partial charge in [-0.15, -0.1) is 0 Å². The molecule has 0 amide bonds. The Bertz CT molecular complexity index is 261. The minimum absolute atomic E-state index is 0.692. The number of nitrogens with zero attached hydrogens (tertiary/aromatic N) is 1. The maximum absolute atomic E-state index is 5.27. The van der Waals surface area contributed by atoms with E-state index in [0.29, 0.717) is 11.8 Å². The van der Waals surface area contributed by atoms with E-state index in [9.17, 15) is 0 Å². The van der Waals surface area contributed by atoms with Crippen LogP contribution in [0, 0.1) is 12.8 Å². The van der Waals surface area contributed by atoms with Gasteiger partial charge in [-0.3, -0.25) is 0 Å². The number of rotatable bonds is 3. The van der Waals surface area contributed by atoms with E-state index in [-0.39, 0.29) is 0 Å². The van der Waals surface area contributed by atoms with E-state index in [1.54, 1.807) is 6.20 Å². The van der Waals surface area contributed by atoms with Gasteiger partial charge in [-0.25, -0.2) is 4.98 Å². The van der Waals surface area contributed by atoms with E-state index >= 15 is 0 Å². The predicted molar refractivity (Wildman–Crippen MR) is 49.7 cm³/mol. The minimum atomic E-state index is 0.692. The zero-order valence-electron chi connectivity index (χ0n) is 7.87. The summed E-state index contributed by atoms with van der Waals surface area (Å²) in [5, 5.41) is 0. The molecule has 12 heavy (non-hydrogen) atoms. The average Bonchev–Trinajstić information content (AvgIpc) is 2.35. The molecule has 0 saturated carbocycles. The first-order valence-corrected chi connectivity index (χ1v) is 4.27. The molecule has 1 aromatic heterocycles. The monoisotopic (exact) mass is 165 g/mol. The van der Waals surface area contributed by atoms with E-state index in [1.165, 1.54) is 0 Å². The number of allylic oxidation sites excluding steroid dienone is 1. The quantitative estimate of drug-likeness (QED) is 0.688. The summed E-state index contributed by atoms with van der Waals surface area (Å²) in [7, 11) is 0. The van der Waals surface area contributed by atoms with Gasteiger partial charge in [0.15, 0.2) is 0 Å². The Morgan fingerprint density at radius 1 is 1.58 bits per heavy atom. The molecule has 1 aromatic rings. The van der Waals surface area contributed by atoms with Gasteiger partial charge < -0.3 is 4.42 Å². The van der Waals surface area contributed by atoms with Crippen LogP contribution in [0.3, 0.4) is 0 Å². The second kappa shape index (κ2) is 4.10. The maximum Gasteiger partial charge on any atom is 0.218 e. The zero-order chi connectivity index (χ0) is 8.97. The molecule has 0 atom stereocenters. The van der Waals surface area contributed by atoms with E-state index in [1.807, 2.05) is 13.0 Å². The Labute approximate surface area is 73.3 Å². The predicted octanol–water partition coefficient (Wildman–Crippen LogP) is 3.04. The van der Waals surface area contributed by atoms with Crippen molar-refractivity contribution in [2.75, 3.05) is 0 Å². The second-order valence-electron chi connectivity index (χ2n) is 3.34. The van der Waals surface area contributed by atoms with Gasteiger partial charge in [-0.05, 0) is 25.3 Å². The molecule has 0 fully saturated rings. The second-order valence-corrected chi connectivity index (χ2v) is 3.34. The molecule has 2 nitrogen and oxygen atoms in total. The molecule has 0 aromatic carbocycles. The van der Waals surface area contributed by atoms with Gasteiger partial charge >= 0.3 is 0 Å². The molecule has 0 saturated heterocycles. The first-order chi connectivity index (χ1) is 5.68. The fraction of sp³-hybridized carbons (Fsp3) is 0.500. The van der Waals surface area contributed by atoms with Crippen LogP contribution in [-0.2, 0) is 0 Å². The van der Waals surface area contributed by atoms with Crippen molar-refractivity contribution in [3.63, 3.8) is 0 Å². The van der Waals surface area contributed by atoms with Crippen LogP contribution in [0.15, 0.2) is 16.7 Å². The Balaban J connectivity index is 2.46. The largest absolute Gasteiger partial charge is 0.442 e. The normalized spacial score (nSPS) is 11.7. The lowest BCUT2D eigenvalue weighted by atomic mass is 10.1. The lowest BCUT2D eigenvalue weighted by Gasteiger charge is -1.94. The van der Waals surface area contributed by atoms with Crippen LogP contribution in [-0.4, -0.2) is 4.98 Å². The SMILES string of the molecule is Cc1cnc(/C=C/CC(C)C)o1. The Morgan fingerprint density at radius 2 is 2.33 bits per heavy atom. The molecule has 2 heteroatoms. The summed E-state index contributed by atoms with van der Waals surface area (Å²) < 4.78 is 5.27. The van der Waals surface area contributed by atoms with Gasteiger partial charge in [0.1, 0.15) is 5.76 Å². The molecule has 0 N–H and O–H groups in total. The molecule has 66 valence electrons. The molecular weight excluding hydrogens is 150 g/mol. The molecule has 0 aliphatic rings. The molecule has 0 aliphatic heterocycles. The van der Waals surface area contributed by atoms with Gasteiger partial charge in [-0.1, -0.05) is 19.9 Å². The lowest BCUT2D eigenvalue weighted by Crippen LogP contribution is -1.80. The standard InChI is InChI=1S/C10H15NO/c1-8(2)5-4-6-10-11-7-9(3)12-10/h4,6-8H,5H2,1-3H3/b6-4+. The van der Waals surface area contributed by atoms with Crippen molar-refractivity contribution in [3.8, 4) is 0 Å². The molecule has 0 radical (unpaired) electrons. The summed E-state index contributed by atoms with van der Waals surface area (Å²) in [4.78, 5) is 4.06. The summed E-state index contributed by atoms with van der Waals surface area (Å²) in [6.07, 6.45) is 6.82. The Hall–Kier alpha value is -1.05. The summed E-state index contributed by atoms with van der Waals surface area (Å²) in [5.41, 5.74) is 0. The third kappa shape index (κ3) is 2.91. The first-order valence-electron chi connectivity index (χ1n) is 4.27. The molecule has 1 heterocycles. The fourth-order valence-corrected chi connectivity index (χ4v) is 0.890. The van der Waals surface area contributed by atoms with Crippen LogP contribution in [0.5, 0.6) is 0 Å². The number of hydrogen-bond donors (Lipinski definition) is 0. The molecule has 0 aliphatic carbocycles. The highest BCUT2D eigenvalue weighted by Crippen LogP contribution is 2.06. The van der Waals surface area contributed by atoms with Crippen molar-refractivity contribution in [1.29, 1.82) is 0 Å². The number of hydrogen-bond acceptors (Lipinski definition) is 2. The Kier molecular flexibility index (Phi) is 3.09. The van der Waals surface area contributed by atoms with Crippen LogP contribution in [0.2, 0.25) is 0 Å². The summed E-state index contributed by atoms with van der Waals surface area (Å²) in [5.74, 6) is 2.25. The maximum atomic E-state index is 5.27. The third-order valence-corrected chi connectivity index (χ3v) is 1.51.